The van der Waals surface area contributed by atoms with Gasteiger partial charge in [0.2, 0.25) is 0 Å². The van der Waals surface area contributed by atoms with Crippen molar-refractivity contribution in [1.29, 1.82) is 0 Å². The number of nitrogens with zero attached hydrogens (tertiary/aromatic N) is 1. The highest BCUT2D eigenvalue weighted by Crippen LogP contribution is 2.22. The van der Waals surface area contributed by atoms with E-state index in [1.807, 2.05) is 27.7 Å². The Morgan fingerprint density at radius 2 is 2.00 bits per heavy atom. The van der Waals surface area contributed by atoms with Gasteiger partial charge >= 0.3 is 12.1 Å². The summed E-state index contributed by atoms with van der Waals surface area (Å²) < 4.78 is 10.3. The van der Waals surface area contributed by atoms with Gasteiger partial charge in [0.05, 0.1) is 6.61 Å². The number of likely N-dealkylation sites (tertiary alicyclic amines) is 1. The summed E-state index contributed by atoms with van der Waals surface area (Å²) in [6.07, 6.45) is 2.97. The predicted molar refractivity (Wildman–Crippen MR) is 76.4 cm³/mol. The summed E-state index contributed by atoms with van der Waals surface area (Å²) in [4.78, 5) is 25.1. The molecular weight excluding hydrogens is 258 g/mol. The van der Waals surface area contributed by atoms with Crippen LogP contribution in [0, 0.1) is 5.92 Å². The van der Waals surface area contributed by atoms with Crippen LogP contribution in [0.2, 0.25) is 0 Å². The van der Waals surface area contributed by atoms with Crippen molar-refractivity contribution in [3.63, 3.8) is 0 Å². The minimum atomic E-state index is -0.463. The molecule has 0 aromatic carbocycles. The highest BCUT2D eigenvalue weighted by molar-refractivity contribution is 5.69. The molecule has 0 spiro atoms. The van der Waals surface area contributed by atoms with Crippen molar-refractivity contribution in [2.45, 2.75) is 59.0 Å². The number of hydrogen-bond acceptors (Lipinski definition) is 4. The van der Waals surface area contributed by atoms with Crippen molar-refractivity contribution in [3.05, 3.63) is 0 Å². The molecule has 0 saturated carbocycles. The normalized spacial score (nSPS) is 19.6. The van der Waals surface area contributed by atoms with Crippen molar-refractivity contribution in [3.8, 4) is 0 Å². The van der Waals surface area contributed by atoms with Gasteiger partial charge in [0.1, 0.15) is 5.60 Å². The maximum absolute atomic E-state index is 12.0. The molecule has 0 aromatic rings. The first kappa shape index (κ1) is 16.8. The fourth-order valence-corrected chi connectivity index (χ4v) is 2.35. The number of ether oxygens (including phenoxy) is 2. The molecule has 1 aliphatic heterocycles. The molecule has 0 N–H and O–H groups in total. The van der Waals surface area contributed by atoms with Crippen molar-refractivity contribution in [2.24, 2.45) is 5.92 Å². The second-order valence-electron chi connectivity index (χ2n) is 6.28. The lowest BCUT2D eigenvalue weighted by Crippen LogP contribution is -2.43. The first-order chi connectivity index (χ1) is 9.31. The zero-order chi connectivity index (χ0) is 15.2. The highest BCUT2D eigenvalue weighted by atomic mass is 16.6. The van der Waals surface area contributed by atoms with Crippen molar-refractivity contribution in [1.82, 2.24) is 4.90 Å². The Morgan fingerprint density at radius 3 is 2.60 bits per heavy atom. The van der Waals surface area contributed by atoms with E-state index >= 15 is 0 Å². The van der Waals surface area contributed by atoms with Crippen molar-refractivity contribution in [2.75, 3.05) is 19.7 Å². The fourth-order valence-electron chi connectivity index (χ4n) is 2.35. The lowest BCUT2D eigenvalue weighted by atomic mass is 9.93. The minimum absolute atomic E-state index is 0.151. The molecule has 5 nitrogen and oxygen atoms in total. The summed E-state index contributed by atoms with van der Waals surface area (Å²) in [5.74, 6) is 0.211. The standard InChI is InChI=1S/C15H27NO4/c1-5-19-13(17)9-8-12-7-6-10-16(11-12)14(18)20-15(2,3)4/h12H,5-11H2,1-4H3/t12-/m1/s1. The van der Waals surface area contributed by atoms with E-state index in [0.717, 1.165) is 25.8 Å². The Bertz CT molecular complexity index is 335. The van der Waals surface area contributed by atoms with E-state index in [9.17, 15) is 9.59 Å². The van der Waals surface area contributed by atoms with Gasteiger partial charge in [-0.3, -0.25) is 4.79 Å². The summed E-state index contributed by atoms with van der Waals surface area (Å²) in [6, 6.07) is 0. The Labute approximate surface area is 121 Å². The number of carbonyl (C=O) groups excluding carboxylic acids is 2. The third kappa shape index (κ3) is 6.26. The number of hydrogen-bond donors (Lipinski definition) is 0. The van der Waals surface area contributed by atoms with Crippen LogP contribution in [0.1, 0.15) is 53.4 Å². The Balaban J connectivity index is 2.38. The SMILES string of the molecule is CCOC(=O)CC[C@H]1CCCN(C(=O)OC(C)(C)C)C1. The summed E-state index contributed by atoms with van der Waals surface area (Å²) in [5.41, 5.74) is -0.463. The number of piperidine rings is 1. The van der Waals surface area contributed by atoms with E-state index in [4.69, 9.17) is 9.47 Å². The number of rotatable bonds is 4. The smallest absolute Gasteiger partial charge is 0.410 e. The first-order valence-electron chi connectivity index (χ1n) is 7.45. The maximum atomic E-state index is 12.0. The molecule has 0 radical (unpaired) electrons. The molecule has 1 heterocycles. The minimum Gasteiger partial charge on any atom is -0.466 e. The molecule has 0 aromatic heterocycles. The van der Waals surface area contributed by atoms with Gasteiger partial charge in [-0.2, -0.15) is 0 Å². The lowest BCUT2D eigenvalue weighted by Gasteiger charge is -2.34. The van der Waals surface area contributed by atoms with Gasteiger partial charge in [-0.1, -0.05) is 0 Å². The average molecular weight is 285 g/mol. The Kier molecular flexibility index (Phi) is 6.30. The van der Waals surface area contributed by atoms with E-state index in [0.29, 0.717) is 25.5 Å². The molecule has 0 bridgehead atoms. The Morgan fingerprint density at radius 1 is 1.30 bits per heavy atom. The molecule has 1 rings (SSSR count). The van der Waals surface area contributed by atoms with E-state index in [1.54, 1.807) is 4.90 Å². The van der Waals surface area contributed by atoms with Crippen molar-refractivity contribution < 1.29 is 19.1 Å². The van der Waals surface area contributed by atoms with Crippen LogP contribution >= 0.6 is 0 Å². The average Bonchev–Trinajstić information content (AvgIpc) is 2.35. The van der Waals surface area contributed by atoms with Crippen LogP contribution in [-0.2, 0) is 14.3 Å². The summed E-state index contributed by atoms with van der Waals surface area (Å²) in [5, 5.41) is 0. The quantitative estimate of drug-likeness (QED) is 0.745. The number of amides is 1. The predicted octanol–water partition coefficient (Wildman–Crippen LogP) is 2.98. The van der Waals surface area contributed by atoms with Gasteiger partial charge in [0.15, 0.2) is 0 Å². The molecule has 1 aliphatic rings. The number of esters is 1. The van der Waals surface area contributed by atoms with Gasteiger partial charge < -0.3 is 14.4 Å². The van der Waals surface area contributed by atoms with Gasteiger partial charge in [-0.15, -0.1) is 0 Å². The zero-order valence-electron chi connectivity index (χ0n) is 13.1. The third-order valence-electron chi connectivity index (χ3n) is 3.23. The number of carbonyl (C=O) groups is 2. The van der Waals surface area contributed by atoms with Crippen LogP contribution in [0.3, 0.4) is 0 Å². The molecule has 1 saturated heterocycles. The largest absolute Gasteiger partial charge is 0.466 e. The first-order valence-corrected chi connectivity index (χ1v) is 7.45. The Hall–Kier alpha value is -1.26. The molecule has 0 unspecified atom stereocenters. The molecule has 1 atom stereocenters. The molecular formula is C15H27NO4. The maximum Gasteiger partial charge on any atom is 0.410 e. The lowest BCUT2D eigenvalue weighted by molar-refractivity contribution is -0.143. The highest BCUT2D eigenvalue weighted by Gasteiger charge is 2.27. The second kappa shape index (κ2) is 7.50. The van der Waals surface area contributed by atoms with Crippen LogP contribution in [0.4, 0.5) is 4.79 Å². The molecule has 116 valence electrons. The van der Waals surface area contributed by atoms with Gasteiger partial charge in [0, 0.05) is 19.5 Å². The van der Waals surface area contributed by atoms with E-state index in [1.165, 1.54) is 0 Å². The van der Waals surface area contributed by atoms with Crippen LogP contribution in [-0.4, -0.2) is 42.3 Å². The van der Waals surface area contributed by atoms with E-state index in [-0.39, 0.29) is 12.1 Å². The van der Waals surface area contributed by atoms with Crippen molar-refractivity contribution >= 4 is 12.1 Å². The molecule has 1 amide bonds. The summed E-state index contributed by atoms with van der Waals surface area (Å²) >= 11 is 0. The molecule has 5 heteroatoms. The third-order valence-corrected chi connectivity index (χ3v) is 3.23. The second-order valence-corrected chi connectivity index (χ2v) is 6.28. The summed E-state index contributed by atoms with van der Waals surface area (Å²) in [7, 11) is 0. The zero-order valence-corrected chi connectivity index (χ0v) is 13.1. The van der Waals surface area contributed by atoms with Crippen LogP contribution in [0.5, 0.6) is 0 Å². The van der Waals surface area contributed by atoms with Gasteiger partial charge in [-0.25, -0.2) is 4.79 Å². The van der Waals surface area contributed by atoms with Crippen LogP contribution in [0.15, 0.2) is 0 Å². The topological polar surface area (TPSA) is 55.8 Å². The molecule has 1 fully saturated rings. The molecule has 20 heavy (non-hydrogen) atoms. The monoisotopic (exact) mass is 285 g/mol. The van der Waals surface area contributed by atoms with Crippen LogP contribution in [0.25, 0.3) is 0 Å². The fraction of sp³-hybridized carbons (Fsp3) is 0.867. The van der Waals surface area contributed by atoms with E-state index < -0.39 is 5.60 Å². The molecule has 0 aliphatic carbocycles. The van der Waals surface area contributed by atoms with Crippen LogP contribution < -0.4 is 0 Å². The van der Waals surface area contributed by atoms with E-state index in [2.05, 4.69) is 0 Å². The van der Waals surface area contributed by atoms with Gasteiger partial charge in [0.25, 0.3) is 0 Å². The summed E-state index contributed by atoms with van der Waals surface area (Å²) in [6.45, 7) is 9.25. The van der Waals surface area contributed by atoms with Gasteiger partial charge in [-0.05, 0) is 52.9 Å².